The molecule has 0 aliphatic carbocycles. The van der Waals surface area contributed by atoms with Crippen molar-refractivity contribution in [2.24, 2.45) is 0 Å². The molecule has 0 unspecified atom stereocenters. The molecule has 0 saturated carbocycles. The van der Waals surface area contributed by atoms with E-state index in [9.17, 15) is 8.42 Å². The molecule has 0 saturated heterocycles. The minimum absolute atomic E-state index is 0.104. The molecule has 0 atom stereocenters. The number of hydrogen-bond acceptors (Lipinski definition) is 4. The Morgan fingerprint density at radius 2 is 2.11 bits per heavy atom. The highest BCUT2D eigenvalue weighted by atomic mass is 35.5. The highest BCUT2D eigenvalue weighted by molar-refractivity contribution is 7.89. The van der Waals surface area contributed by atoms with E-state index in [1.54, 1.807) is 18.2 Å². The number of benzene rings is 1. The van der Waals surface area contributed by atoms with Crippen molar-refractivity contribution in [2.75, 3.05) is 6.54 Å². The average Bonchev–Trinajstić information content (AvgIpc) is 2.75. The molecule has 7 heteroatoms. The molecule has 0 aliphatic rings. The number of nitrogens with zero attached hydrogens (tertiary/aromatic N) is 1. The summed E-state index contributed by atoms with van der Waals surface area (Å²) in [5.74, 6) is 0. The van der Waals surface area contributed by atoms with Crippen LogP contribution >= 0.6 is 22.9 Å². The number of aromatic nitrogens is 1. The van der Waals surface area contributed by atoms with Gasteiger partial charge in [0.2, 0.25) is 10.0 Å². The first-order valence-corrected chi connectivity index (χ1v) is 8.38. The minimum atomic E-state index is -3.56. The van der Waals surface area contributed by atoms with E-state index in [-0.39, 0.29) is 9.92 Å². The smallest absolute Gasteiger partial charge is 0.242 e. The van der Waals surface area contributed by atoms with Crippen LogP contribution in [0.15, 0.2) is 34.5 Å². The molecular formula is C12H13ClN2O2S2. The predicted octanol–water partition coefficient (Wildman–Crippen LogP) is 2.63. The van der Waals surface area contributed by atoms with Crippen molar-refractivity contribution < 1.29 is 8.42 Å². The van der Waals surface area contributed by atoms with Crippen LogP contribution in [0.3, 0.4) is 0 Å². The summed E-state index contributed by atoms with van der Waals surface area (Å²) in [4.78, 5) is 4.38. The molecule has 1 aromatic heterocycles. The SMILES string of the molecule is Cc1csc(CCNS(=O)(=O)c2ccccc2Cl)n1. The van der Waals surface area contributed by atoms with Crippen molar-refractivity contribution in [3.8, 4) is 0 Å². The predicted molar refractivity (Wildman–Crippen MR) is 77.2 cm³/mol. The van der Waals surface area contributed by atoms with Crippen molar-refractivity contribution in [1.29, 1.82) is 0 Å². The number of hydrogen-bond donors (Lipinski definition) is 1. The van der Waals surface area contributed by atoms with Gasteiger partial charge >= 0.3 is 0 Å². The molecule has 102 valence electrons. The van der Waals surface area contributed by atoms with Gasteiger partial charge in [0.15, 0.2) is 0 Å². The zero-order valence-electron chi connectivity index (χ0n) is 10.3. The monoisotopic (exact) mass is 316 g/mol. The molecule has 19 heavy (non-hydrogen) atoms. The zero-order chi connectivity index (χ0) is 13.9. The van der Waals surface area contributed by atoms with Crippen molar-refractivity contribution in [3.05, 3.63) is 45.4 Å². The van der Waals surface area contributed by atoms with Crippen LogP contribution in [0.25, 0.3) is 0 Å². The van der Waals surface area contributed by atoms with E-state index in [0.29, 0.717) is 13.0 Å². The number of aryl methyl sites for hydroxylation is 1. The van der Waals surface area contributed by atoms with E-state index in [4.69, 9.17) is 11.6 Å². The minimum Gasteiger partial charge on any atom is -0.247 e. The van der Waals surface area contributed by atoms with Crippen LogP contribution in [0.4, 0.5) is 0 Å². The first-order chi connectivity index (χ1) is 8.99. The van der Waals surface area contributed by atoms with Gasteiger partial charge in [0.25, 0.3) is 0 Å². The van der Waals surface area contributed by atoms with Crippen molar-refractivity contribution in [3.63, 3.8) is 0 Å². The van der Waals surface area contributed by atoms with Crippen LogP contribution in [0.1, 0.15) is 10.7 Å². The molecule has 2 aromatic rings. The maximum absolute atomic E-state index is 12.0. The van der Waals surface area contributed by atoms with Crippen molar-refractivity contribution in [1.82, 2.24) is 9.71 Å². The summed E-state index contributed by atoms with van der Waals surface area (Å²) in [5, 5.41) is 3.08. The van der Waals surface area contributed by atoms with Crippen LogP contribution in [0.2, 0.25) is 5.02 Å². The Balaban J connectivity index is 2.01. The van der Waals surface area contributed by atoms with Crippen LogP contribution in [0.5, 0.6) is 0 Å². The lowest BCUT2D eigenvalue weighted by Gasteiger charge is -2.07. The summed E-state index contributed by atoms with van der Waals surface area (Å²) in [6, 6.07) is 6.38. The van der Waals surface area contributed by atoms with Gasteiger partial charge in [-0.2, -0.15) is 0 Å². The normalized spacial score (nSPS) is 11.7. The topological polar surface area (TPSA) is 59.1 Å². The Morgan fingerprint density at radius 3 is 2.74 bits per heavy atom. The molecule has 1 N–H and O–H groups in total. The Morgan fingerprint density at radius 1 is 1.37 bits per heavy atom. The molecule has 2 rings (SSSR count). The van der Waals surface area contributed by atoms with Crippen LogP contribution in [-0.2, 0) is 16.4 Å². The summed E-state index contributed by atoms with van der Waals surface area (Å²) in [6.07, 6.45) is 0.572. The number of halogens is 1. The number of thiazole rings is 1. The summed E-state index contributed by atoms with van der Waals surface area (Å²) in [6.45, 7) is 2.22. The molecule has 0 aliphatic heterocycles. The molecule has 0 fully saturated rings. The standard InChI is InChI=1S/C12H13ClN2O2S2/c1-9-8-18-12(15-9)6-7-14-19(16,17)11-5-3-2-4-10(11)13/h2-5,8,14H,6-7H2,1H3. The lowest BCUT2D eigenvalue weighted by atomic mass is 10.4. The molecule has 0 bridgehead atoms. The molecular weight excluding hydrogens is 304 g/mol. The second kappa shape index (κ2) is 6.00. The van der Waals surface area contributed by atoms with Crippen LogP contribution in [-0.4, -0.2) is 19.9 Å². The van der Waals surface area contributed by atoms with Crippen molar-refractivity contribution in [2.45, 2.75) is 18.2 Å². The third-order valence-corrected chi connectivity index (χ3v) is 5.41. The second-order valence-corrected chi connectivity index (χ2v) is 7.05. The zero-order valence-corrected chi connectivity index (χ0v) is 12.6. The first-order valence-electron chi connectivity index (χ1n) is 5.64. The third-order valence-electron chi connectivity index (χ3n) is 2.42. The number of nitrogens with one attached hydrogen (secondary N) is 1. The van der Waals surface area contributed by atoms with E-state index in [2.05, 4.69) is 9.71 Å². The highest BCUT2D eigenvalue weighted by Crippen LogP contribution is 2.20. The second-order valence-electron chi connectivity index (χ2n) is 3.96. The van der Waals surface area contributed by atoms with Crippen LogP contribution < -0.4 is 4.72 Å². The Labute approximate surface area is 121 Å². The number of sulfonamides is 1. The van der Waals surface area contributed by atoms with E-state index in [1.165, 1.54) is 17.4 Å². The fraction of sp³-hybridized carbons (Fsp3) is 0.250. The maximum atomic E-state index is 12.0. The summed E-state index contributed by atoms with van der Waals surface area (Å²) >= 11 is 7.41. The van der Waals surface area contributed by atoms with Gasteiger partial charge in [0.1, 0.15) is 4.90 Å². The van der Waals surface area contributed by atoms with E-state index >= 15 is 0 Å². The van der Waals surface area contributed by atoms with Gasteiger partial charge in [-0.05, 0) is 19.1 Å². The van der Waals surface area contributed by atoms with Crippen molar-refractivity contribution >= 4 is 33.0 Å². The molecule has 0 spiro atoms. The molecule has 1 aromatic carbocycles. The summed E-state index contributed by atoms with van der Waals surface area (Å²) in [5.41, 5.74) is 0.953. The van der Waals surface area contributed by atoms with Gasteiger partial charge in [-0.15, -0.1) is 11.3 Å². The fourth-order valence-electron chi connectivity index (χ4n) is 1.55. The first kappa shape index (κ1) is 14.5. The highest BCUT2D eigenvalue weighted by Gasteiger charge is 2.16. The quantitative estimate of drug-likeness (QED) is 0.922. The molecule has 1 heterocycles. The lowest BCUT2D eigenvalue weighted by molar-refractivity contribution is 0.581. The van der Waals surface area contributed by atoms with Gasteiger partial charge in [-0.25, -0.2) is 18.1 Å². The summed E-state index contributed by atoms with van der Waals surface area (Å²) in [7, 11) is -3.56. The van der Waals surface area contributed by atoms with E-state index in [0.717, 1.165) is 10.7 Å². The Hall–Kier alpha value is -0.950. The number of rotatable bonds is 5. The summed E-state index contributed by atoms with van der Waals surface area (Å²) < 4.78 is 26.6. The molecule has 0 amide bonds. The van der Waals surface area contributed by atoms with Gasteiger partial charge in [0.05, 0.1) is 10.0 Å². The Bertz CT molecular complexity index is 668. The Kier molecular flexibility index (Phi) is 4.57. The largest absolute Gasteiger partial charge is 0.247 e. The molecule has 4 nitrogen and oxygen atoms in total. The maximum Gasteiger partial charge on any atom is 0.242 e. The van der Waals surface area contributed by atoms with Gasteiger partial charge in [-0.3, -0.25) is 0 Å². The van der Waals surface area contributed by atoms with E-state index in [1.807, 2.05) is 12.3 Å². The lowest BCUT2D eigenvalue weighted by Crippen LogP contribution is -2.26. The van der Waals surface area contributed by atoms with Crippen LogP contribution in [0, 0.1) is 6.92 Å². The molecule has 0 radical (unpaired) electrons. The van der Waals surface area contributed by atoms with Gasteiger partial charge in [-0.1, -0.05) is 23.7 Å². The third kappa shape index (κ3) is 3.76. The average molecular weight is 317 g/mol. The van der Waals surface area contributed by atoms with Gasteiger partial charge < -0.3 is 0 Å². The fourth-order valence-corrected chi connectivity index (χ4v) is 3.88. The van der Waals surface area contributed by atoms with Gasteiger partial charge in [0, 0.05) is 24.0 Å². The van der Waals surface area contributed by atoms with E-state index < -0.39 is 10.0 Å².